The number of nitrogens with zero attached hydrogens (tertiary/aromatic N) is 5. The molecule has 1 aliphatic heterocycles. The summed E-state index contributed by atoms with van der Waals surface area (Å²) in [6, 6.07) is 6.11. The molecule has 0 saturated carbocycles. The van der Waals surface area contributed by atoms with E-state index in [1.807, 2.05) is 29.4 Å². The molecule has 0 radical (unpaired) electrons. The Hall–Kier alpha value is -2.61. The van der Waals surface area contributed by atoms with Crippen LogP contribution in [0.1, 0.15) is 25.1 Å². The Morgan fingerprint density at radius 1 is 1.33 bits per heavy atom. The number of rotatable bonds is 6. The predicted molar refractivity (Wildman–Crippen MR) is 105 cm³/mol. The first-order chi connectivity index (χ1) is 13.1. The minimum Gasteiger partial charge on any atom is -0.384 e. The SMILES string of the molecule is CN(Cc1nccc(N)n1)[C@H]1CCCN(C(=O)NCCn2cccc2)CC1. The van der Waals surface area contributed by atoms with E-state index in [0.717, 1.165) is 44.7 Å². The molecule has 0 aliphatic carbocycles. The van der Waals surface area contributed by atoms with Gasteiger partial charge in [0.05, 0.1) is 6.54 Å². The monoisotopic (exact) mass is 371 g/mol. The zero-order valence-electron chi connectivity index (χ0n) is 15.9. The number of aromatic nitrogens is 3. The van der Waals surface area contributed by atoms with Gasteiger partial charge in [-0.15, -0.1) is 0 Å². The summed E-state index contributed by atoms with van der Waals surface area (Å²) in [6.45, 7) is 3.66. The Morgan fingerprint density at radius 3 is 2.93 bits per heavy atom. The zero-order chi connectivity index (χ0) is 19.1. The van der Waals surface area contributed by atoms with E-state index >= 15 is 0 Å². The molecule has 8 nitrogen and oxygen atoms in total. The summed E-state index contributed by atoms with van der Waals surface area (Å²) in [6.07, 6.45) is 8.71. The number of carbonyl (C=O) groups excluding carboxylic acids is 1. The molecule has 27 heavy (non-hydrogen) atoms. The van der Waals surface area contributed by atoms with Gasteiger partial charge in [-0.25, -0.2) is 14.8 Å². The van der Waals surface area contributed by atoms with Gasteiger partial charge in [0.1, 0.15) is 11.6 Å². The van der Waals surface area contributed by atoms with Gasteiger partial charge >= 0.3 is 6.03 Å². The molecular weight excluding hydrogens is 342 g/mol. The van der Waals surface area contributed by atoms with Crippen molar-refractivity contribution < 1.29 is 4.79 Å². The highest BCUT2D eigenvalue weighted by Crippen LogP contribution is 2.17. The number of amides is 2. The van der Waals surface area contributed by atoms with Crippen LogP contribution in [-0.2, 0) is 13.1 Å². The molecule has 1 saturated heterocycles. The van der Waals surface area contributed by atoms with Crippen LogP contribution < -0.4 is 11.1 Å². The van der Waals surface area contributed by atoms with Gasteiger partial charge in [0.15, 0.2) is 0 Å². The molecule has 1 atom stereocenters. The molecule has 2 aromatic rings. The van der Waals surface area contributed by atoms with Crippen LogP contribution in [-0.4, -0.2) is 63.1 Å². The summed E-state index contributed by atoms with van der Waals surface area (Å²) in [5, 5.41) is 3.03. The van der Waals surface area contributed by atoms with Crippen molar-refractivity contribution in [2.45, 2.75) is 38.4 Å². The lowest BCUT2D eigenvalue weighted by Gasteiger charge is -2.26. The van der Waals surface area contributed by atoms with Crippen LogP contribution in [0.3, 0.4) is 0 Å². The summed E-state index contributed by atoms with van der Waals surface area (Å²) in [4.78, 5) is 25.2. The van der Waals surface area contributed by atoms with Crippen molar-refractivity contribution in [2.75, 3.05) is 32.4 Å². The molecule has 0 aromatic carbocycles. The van der Waals surface area contributed by atoms with E-state index in [1.54, 1.807) is 12.3 Å². The third-order valence-corrected chi connectivity index (χ3v) is 5.04. The molecular formula is C19H29N7O. The summed E-state index contributed by atoms with van der Waals surface area (Å²) in [7, 11) is 2.09. The molecule has 3 rings (SSSR count). The third-order valence-electron chi connectivity index (χ3n) is 5.04. The van der Waals surface area contributed by atoms with E-state index < -0.39 is 0 Å². The Labute approximate surface area is 160 Å². The fourth-order valence-electron chi connectivity index (χ4n) is 3.49. The summed E-state index contributed by atoms with van der Waals surface area (Å²) in [5.41, 5.74) is 5.74. The smallest absolute Gasteiger partial charge is 0.317 e. The molecule has 0 bridgehead atoms. The lowest BCUT2D eigenvalue weighted by Crippen LogP contribution is -2.42. The summed E-state index contributed by atoms with van der Waals surface area (Å²) < 4.78 is 2.06. The quantitative estimate of drug-likeness (QED) is 0.804. The molecule has 1 aliphatic rings. The number of nitrogens with two attached hydrogens (primary N) is 1. The number of hydrogen-bond acceptors (Lipinski definition) is 5. The second-order valence-electron chi connectivity index (χ2n) is 7.04. The van der Waals surface area contributed by atoms with Gasteiger partial charge in [-0.2, -0.15) is 0 Å². The van der Waals surface area contributed by atoms with Crippen LogP contribution in [0.25, 0.3) is 0 Å². The number of likely N-dealkylation sites (tertiary alicyclic amines) is 1. The number of nitrogen functional groups attached to an aromatic ring is 1. The maximum atomic E-state index is 12.4. The van der Waals surface area contributed by atoms with Crippen molar-refractivity contribution in [1.82, 2.24) is 29.7 Å². The zero-order valence-corrected chi connectivity index (χ0v) is 15.9. The summed E-state index contributed by atoms with van der Waals surface area (Å²) in [5.74, 6) is 1.23. The largest absolute Gasteiger partial charge is 0.384 e. The van der Waals surface area contributed by atoms with Gasteiger partial charge in [0.25, 0.3) is 0 Å². The highest BCUT2D eigenvalue weighted by atomic mass is 16.2. The van der Waals surface area contributed by atoms with Gasteiger partial charge in [-0.05, 0) is 44.5 Å². The molecule has 3 N–H and O–H groups in total. The molecule has 0 spiro atoms. The minimum absolute atomic E-state index is 0.0321. The van der Waals surface area contributed by atoms with Crippen LogP contribution in [0.4, 0.5) is 10.6 Å². The normalized spacial score (nSPS) is 17.7. The van der Waals surface area contributed by atoms with Crippen LogP contribution in [0.2, 0.25) is 0 Å². The van der Waals surface area contributed by atoms with Crippen LogP contribution in [0.5, 0.6) is 0 Å². The van der Waals surface area contributed by atoms with E-state index in [1.165, 1.54) is 0 Å². The van der Waals surface area contributed by atoms with Crippen molar-refractivity contribution in [3.63, 3.8) is 0 Å². The van der Waals surface area contributed by atoms with Gasteiger partial charge in [0, 0.05) is 50.8 Å². The fourth-order valence-corrected chi connectivity index (χ4v) is 3.49. The first kappa shape index (κ1) is 19.2. The Kier molecular flexibility index (Phi) is 6.64. The molecule has 146 valence electrons. The van der Waals surface area contributed by atoms with Gasteiger partial charge in [0.2, 0.25) is 0 Å². The minimum atomic E-state index is 0.0321. The first-order valence-corrected chi connectivity index (χ1v) is 9.53. The molecule has 8 heteroatoms. The van der Waals surface area contributed by atoms with Crippen molar-refractivity contribution in [3.8, 4) is 0 Å². The predicted octanol–water partition coefficient (Wildman–Crippen LogP) is 1.56. The average Bonchev–Trinajstić information content (AvgIpc) is 3.03. The van der Waals surface area contributed by atoms with Gasteiger partial charge in [-0.1, -0.05) is 0 Å². The molecule has 2 aromatic heterocycles. The van der Waals surface area contributed by atoms with Crippen LogP contribution >= 0.6 is 0 Å². The van der Waals surface area contributed by atoms with Crippen molar-refractivity contribution in [3.05, 3.63) is 42.6 Å². The standard InChI is InChI=1S/C19H29N7O/c1-24(15-18-21-8-6-17(20)23-18)16-5-4-12-26(13-7-16)19(27)22-9-14-25-10-2-3-11-25/h2-3,6,8,10-11,16H,4-5,7,9,12-15H2,1H3,(H,22,27)(H2,20,21,23)/t16-/m0/s1. The van der Waals surface area contributed by atoms with Gasteiger partial charge < -0.3 is 20.5 Å². The highest BCUT2D eigenvalue weighted by molar-refractivity contribution is 5.74. The van der Waals surface area contributed by atoms with Gasteiger partial charge in [-0.3, -0.25) is 4.90 Å². The van der Waals surface area contributed by atoms with Crippen molar-refractivity contribution in [1.29, 1.82) is 0 Å². The Morgan fingerprint density at radius 2 is 2.15 bits per heavy atom. The van der Waals surface area contributed by atoms with E-state index in [0.29, 0.717) is 24.9 Å². The molecule has 0 unspecified atom stereocenters. The Bertz CT molecular complexity index is 719. The number of urea groups is 1. The Balaban J connectivity index is 1.44. The third kappa shape index (κ3) is 5.68. The van der Waals surface area contributed by atoms with E-state index in [4.69, 9.17) is 5.73 Å². The summed E-state index contributed by atoms with van der Waals surface area (Å²) >= 11 is 0. The molecule has 2 amide bonds. The average molecular weight is 371 g/mol. The van der Waals surface area contributed by atoms with E-state index in [-0.39, 0.29) is 6.03 Å². The lowest BCUT2D eigenvalue weighted by molar-refractivity contribution is 0.190. The number of anilines is 1. The van der Waals surface area contributed by atoms with Crippen LogP contribution in [0.15, 0.2) is 36.8 Å². The topological polar surface area (TPSA) is 92.3 Å². The van der Waals surface area contributed by atoms with E-state index in [9.17, 15) is 4.79 Å². The molecule has 1 fully saturated rings. The van der Waals surface area contributed by atoms with Crippen molar-refractivity contribution in [2.24, 2.45) is 0 Å². The van der Waals surface area contributed by atoms with E-state index in [2.05, 4.69) is 31.8 Å². The maximum absolute atomic E-state index is 12.4. The number of carbonyl (C=O) groups is 1. The fraction of sp³-hybridized carbons (Fsp3) is 0.526. The second kappa shape index (κ2) is 9.36. The lowest BCUT2D eigenvalue weighted by atomic mass is 10.1. The number of nitrogens with one attached hydrogen (secondary N) is 1. The highest BCUT2D eigenvalue weighted by Gasteiger charge is 2.23. The second-order valence-corrected chi connectivity index (χ2v) is 7.04. The van der Waals surface area contributed by atoms with Crippen molar-refractivity contribution >= 4 is 11.8 Å². The number of hydrogen-bond donors (Lipinski definition) is 2. The maximum Gasteiger partial charge on any atom is 0.317 e. The van der Waals surface area contributed by atoms with Crippen LogP contribution in [0, 0.1) is 0 Å². The molecule has 3 heterocycles. The first-order valence-electron chi connectivity index (χ1n) is 9.53.